The van der Waals surface area contributed by atoms with Gasteiger partial charge in [0, 0.05) is 11.4 Å². The van der Waals surface area contributed by atoms with Crippen molar-refractivity contribution in [1.29, 1.82) is 0 Å². The fourth-order valence-electron chi connectivity index (χ4n) is 1.89. The SMILES string of the molecule is CCc1cc2c(Oc3cnn(CC)c3)nc(N)nc2s1. The molecule has 0 bridgehead atoms. The van der Waals surface area contributed by atoms with Gasteiger partial charge in [-0.3, -0.25) is 4.68 Å². The van der Waals surface area contributed by atoms with Crippen molar-refractivity contribution in [2.75, 3.05) is 5.73 Å². The van der Waals surface area contributed by atoms with E-state index in [0.717, 1.165) is 23.2 Å². The van der Waals surface area contributed by atoms with Crippen LogP contribution in [0.25, 0.3) is 10.2 Å². The minimum atomic E-state index is 0.222. The highest BCUT2D eigenvalue weighted by molar-refractivity contribution is 7.18. The van der Waals surface area contributed by atoms with Crippen LogP contribution in [0.15, 0.2) is 18.5 Å². The Morgan fingerprint density at radius 3 is 2.90 bits per heavy atom. The molecule has 0 saturated carbocycles. The van der Waals surface area contributed by atoms with Crippen LogP contribution in [0.4, 0.5) is 5.95 Å². The third kappa shape index (κ3) is 2.32. The standard InChI is InChI=1S/C13H15N5OS/c1-3-9-5-10-11(16-13(14)17-12(10)20-9)19-8-6-15-18(4-2)7-8/h5-7H,3-4H2,1-2H3,(H2,14,16,17). The third-order valence-electron chi connectivity index (χ3n) is 2.92. The molecule has 0 aliphatic rings. The number of thiophene rings is 1. The molecule has 0 aromatic carbocycles. The molecule has 3 heterocycles. The highest BCUT2D eigenvalue weighted by Gasteiger charge is 2.13. The zero-order chi connectivity index (χ0) is 14.1. The Morgan fingerprint density at radius 1 is 1.35 bits per heavy atom. The van der Waals surface area contributed by atoms with Crippen LogP contribution in [0.3, 0.4) is 0 Å². The molecule has 0 saturated heterocycles. The van der Waals surface area contributed by atoms with Gasteiger partial charge in [-0.05, 0) is 19.4 Å². The van der Waals surface area contributed by atoms with Crippen molar-refractivity contribution < 1.29 is 4.74 Å². The minimum absolute atomic E-state index is 0.222. The van der Waals surface area contributed by atoms with E-state index in [9.17, 15) is 0 Å². The molecule has 104 valence electrons. The summed E-state index contributed by atoms with van der Waals surface area (Å²) >= 11 is 1.61. The first-order valence-electron chi connectivity index (χ1n) is 6.45. The Morgan fingerprint density at radius 2 is 2.20 bits per heavy atom. The number of aromatic nitrogens is 4. The molecule has 0 fully saturated rings. The Bertz CT molecular complexity index is 748. The first-order valence-corrected chi connectivity index (χ1v) is 7.27. The van der Waals surface area contributed by atoms with E-state index in [1.807, 2.05) is 13.1 Å². The summed E-state index contributed by atoms with van der Waals surface area (Å²) in [5.74, 6) is 1.36. The molecule has 0 aliphatic heterocycles. The molecule has 20 heavy (non-hydrogen) atoms. The Balaban J connectivity index is 2.03. The topological polar surface area (TPSA) is 78.8 Å². The number of aryl methyl sites for hydroxylation is 2. The summed E-state index contributed by atoms with van der Waals surface area (Å²) in [5.41, 5.74) is 5.74. The van der Waals surface area contributed by atoms with Crippen LogP contribution in [0, 0.1) is 0 Å². The number of nitrogens with zero attached hydrogens (tertiary/aromatic N) is 4. The van der Waals surface area contributed by atoms with E-state index < -0.39 is 0 Å². The fourth-order valence-corrected chi connectivity index (χ4v) is 2.86. The van der Waals surface area contributed by atoms with Crippen molar-refractivity contribution in [2.24, 2.45) is 0 Å². The van der Waals surface area contributed by atoms with Gasteiger partial charge in [-0.1, -0.05) is 6.92 Å². The van der Waals surface area contributed by atoms with E-state index in [1.54, 1.807) is 22.2 Å². The maximum atomic E-state index is 5.81. The lowest BCUT2D eigenvalue weighted by Gasteiger charge is -2.03. The van der Waals surface area contributed by atoms with E-state index >= 15 is 0 Å². The van der Waals surface area contributed by atoms with Crippen molar-refractivity contribution in [3.63, 3.8) is 0 Å². The Labute approximate surface area is 120 Å². The lowest BCUT2D eigenvalue weighted by Crippen LogP contribution is -1.97. The molecule has 3 rings (SSSR count). The summed E-state index contributed by atoms with van der Waals surface area (Å²) in [4.78, 5) is 10.5. The molecule has 7 heteroatoms. The van der Waals surface area contributed by atoms with Gasteiger partial charge < -0.3 is 10.5 Å². The first kappa shape index (κ1) is 12.9. The molecule has 3 aromatic heterocycles. The maximum Gasteiger partial charge on any atom is 0.233 e. The fraction of sp³-hybridized carbons (Fsp3) is 0.308. The zero-order valence-corrected chi connectivity index (χ0v) is 12.1. The van der Waals surface area contributed by atoms with Crippen LogP contribution in [0.5, 0.6) is 11.6 Å². The van der Waals surface area contributed by atoms with Crippen LogP contribution in [-0.2, 0) is 13.0 Å². The number of anilines is 1. The third-order valence-corrected chi connectivity index (χ3v) is 4.10. The highest BCUT2D eigenvalue weighted by Crippen LogP contribution is 2.33. The van der Waals surface area contributed by atoms with Crippen molar-refractivity contribution >= 4 is 27.5 Å². The molecular weight excluding hydrogens is 274 g/mol. The van der Waals surface area contributed by atoms with Gasteiger partial charge in [0.2, 0.25) is 11.8 Å². The molecule has 0 radical (unpaired) electrons. The monoisotopic (exact) mass is 289 g/mol. The predicted molar refractivity (Wildman–Crippen MR) is 79.2 cm³/mol. The van der Waals surface area contributed by atoms with Gasteiger partial charge >= 0.3 is 0 Å². The number of fused-ring (bicyclic) bond motifs is 1. The lowest BCUT2D eigenvalue weighted by molar-refractivity contribution is 0.468. The van der Waals surface area contributed by atoms with Crippen molar-refractivity contribution in [3.05, 3.63) is 23.3 Å². The van der Waals surface area contributed by atoms with Gasteiger partial charge in [-0.15, -0.1) is 11.3 Å². The van der Waals surface area contributed by atoms with Gasteiger partial charge in [-0.2, -0.15) is 10.1 Å². The molecule has 0 aliphatic carbocycles. The molecule has 0 spiro atoms. The summed E-state index contributed by atoms with van der Waals surface area (Å²) in [7, 11) is 0. The molecular formula is C13H15N5OS. The summed E-state index contributed by atoms with van der Waals surface area (Å²) in [5, 5.41) is 5.07. The molecule has 3 aromatic rings. The molecule has 0 atom stereocenters. The van der Waals surface area contributed by atoms with E-state index in [-0.39, 0.29) is 5.95 Å². The molecule has 0 unspecified atom stereocenters. The Kier molecular flexibility index (Phi) is 3.27. The zero-order valence-electron chi connectivity index (χ0n) is 11.3. The van der Waals surface area contributed by atoms with Gasteiger partial charge in [0.15, 0.2) is 5.75 Å². The number of hydrogen-bond acceptors (Lipinski definition) is 6. The van der Waals surface area contributed by atoms with Gasteiger partial charge in [0.1, 0.15) is 4.83 Å². The number of nitrogen functional groups attached to an aromatic ring is 1. The predicted octanol–water partition coefficient (Wildman–Crippen LogP) is 2.84. The second-order valence-electron chi connectivity index (χ2n) is 4.31. The average molecular weight is 289 g/mol. The van der Waals surface area contributed by atoms with Crippen molar-refractivity contribution in [1.82, 2.24) is 19.7 Å². The van der Waals surface area contributed by atoms with Gasteiger partial charge in [0.25, 0.3) is 0 Å². The number of hydrogen-bond donors (Lipinski definition) is 1. The van der Waals surface area contributed by atoms with E-state index in [2.05, 4.69) is 28.1 Å². The second-order valence-corrected chi connectivity index (χ2v) is 5.42. The molecule has 2 N–H and O–H groups in total. The van der Waals surface area contributed by atoms with E-state index in [1.165, 1.54) is 4.88 Å². The number of nitrogens with two attached hydrogens (primary N) is 1. The van der Waals surface area contributed by atoms with Crippen molar-refractivity contribution in [2.45, 2.75) is 26.8 Å². The summed E-state index contributed by atoms with van der Waals surface area (Å²) in [6.45, 7) is 4.92. The smallest absolute Gasteiger partial charge is 0.233 e. The van der Waals surface area contributed by atoms with E-state index in [0.29, 0.717) is 11.6 Å². The first-order chi connectivity index (χ1) is 9.69. The highest BCUT2D eigenvalue weighted by atomic mass is 32.1. The van der Waals surface area contributed by atoms with Gasteiger partial charge in [0.05, 0.1) is 17.8 Å². The van der Waals surface area contributed by atoms with Crippen LogP contribution in [0.2, 0.25) is 0 Å². The Hall–Kier alpha value is -2.15. The number of ether oxygens (including phenoxy) is 1. The summed E-state index contributed by atoms with van der Waals surface area (Å²) < 4.78 is 7.60. The largest absolute Gasteiger partial charge is 0.435 e. The summed E-state index contributed by atoms with van der Waals surface area (Å²) in [6.07, 6.45) is 4.45. The quantitative estimate of drug-likeness (QED) is 0.799. The second kappa shape index (κ2) is 5.09. The lowest BCUT2D eigenvalue weighted by atomic mass is 10.3. The van der Waals surface area contributed by atoms with Gasteiger partial charge in [-0.25, -0.2) is 4.98 Å². The van der Waals surface area contributed by atoms with Crippen LogP contribution in [-0.4, -0.2) is 19.7 Å². The van der Waals surface area contributed by atoms with Crippen molar-refractivity contribution in [3.8, 4) is 11.6 Å². The van der Waals surface area contributed by atoms with Crippen LogP contribution >= 0.6 is 11.3 Å². The molecule has 0 amide bonds. The van der Waals surface area contributed by atoms with Crippen LogP contribution in [0.1, 0.15) is 18.7 Å². The normalized spacial score (nSPS) is 11.1. The van der Waals surface area contributed by atoms with E-state index in [4.69, 9.17) is 10.5 Å². The minimum Gasteiger partial charge on any atom is -0.435 e. The van der Waals surface area contributed by atoms with Crippen LogP contribution < -0.4 is 10.5 Å². The average Bonchev–Trinajstić information content (AvgIpc) is 3.04. The molecule has 6 nitrogen and oxygen atoms in total. The number of rotatable bonds is 4. The maximum absolute atomic E-state index is 5.81. The summed E-state index contributed by atoms with van der Waals surface area (Å²) in [6, 6.07) is 2.05.